The predicted molar refractivity (Wildman–Crippen MR) is 82.4 cm³/mol. The lowest BCUT2D eigenvalue weighted by atomic mass is 10.1. The van der Waals surface area contributed by atoms with Gasteiger partial charge in [-0.3, -0.25) is 9.59 Å². The molecule has 2 unspecified atom stereocenters. The van der Waals surface area contributed by atoms with Gasteiger partial charge in [-0.1, -0.05) is 29.8 Å². The van der Waals surface area contributed by atoms with E-state index in [4.69, 9.17) is 10.2 Å². The van der Waals surface area contributed by atoms with Crippen molar-refractivity contribution in [3.8, 4) is 0 Å². The summed E-state index contributed by atoms with van der Waals surface area (Å²) >= 11 is 0. The number of aliphatic hydroxyl groups is 1. The number of hydrogen-bond donors (Lipinski definition) is 3. The fraction of sp³-hybridized carbons (Fsp3) is 0.467. The van der Waals surface area contributed by atoms with E-state index in [1.807, 2.05) is 19.1 Å². The van der Waals surface area contributed by atoms with Gasteiger partial charge in [-0.2, -0.15) is 0 Å². The van der Waals surface area contributed by atoms with Crippen LogP contribution in [-0.4, -0.2) is 39.8 Å². The molecule has 0 bridgehead atoms. The molecule has 0 heterocycles. The molecule has 0 saturated carbocycles. The molecule has 0 amide bonds. The lowest BCUT2D eigenvalue weighted by molar-refractivity contribution is -0.142. The molecule has 2 atom stereocenters. The fourth-order valence-corrected chi connectivity index (χ4v) is 4.55. The maximum absolute atomic E-state index is 12.7. The van der Waals surface area contributed by atoms with E-state index in [1.54, 1.807) is 12.1 Å². The Labute approximate surface area is 129 Å². The normalized spacial score (nSPS) is 15.0. The van der Waals surface area contributed by atoms with E-state index in [9.17, 15) is 19.3 Å². The minimum Gasteiger partial charge on any atom is -0.481 e. The van der Waals surface area contributed by atoms with Crippen molar-refractivity contribution in [1.82, 2.24) is 0 Å². The van der Waals surface area contributed by atoms with E-state index < -0.39 is 31.3 Å². The second-order valence-corrected chi connectivity index (χ2v) is 8.57. The van der Waals surface area contributed by atoms with Gasteiger partial charge in [-0.25, -0.2) is 0 Å². The quantitative estimate of drug-likeness (QED) is 0.600. The van der Waals surface area contributed by atoms with Gasteiger partial charge < -0.3 is 19.9 Å². The first kappa shape index (κ1) is 18.4. The summed E-state index contributed by atoms with van der Waals surface area (Å²) in [6, 6.07) is 7.31. The van der Waals surface area contributed by atoms with Gasteiger partial charge in [0, 0.05) is 18.7 Å². The smallest absolute Gasteiger partial charge is 0.306 e. The monoisotopic (exact) mass is 328 g/mol. The highest BCUT2D eigenvalue weighted by atomic mass is 31.2. The largest absolute Gasteiger partial charge is 0.481 e. The number of carboxylic acid groups (broad SMARTS) is 2. The SMILES string of the molecule is Cc1ccc(CP(=O)(CO)CC(CCC(=O)O)C(=O)O)cc1. The number of hydrogen-bond acceptors (Lipinski definition) is 4. The zero-order chi connectivity index (χ0) is 16.8. The number of aliphatic hydroxyl groups excluding tert-OH is 1. The second-order valence-electron chi connectivity index (χ2n) is 5.49. The molecule has 0 aliphatic heterocycles. The van der Waals surface area contributed by atoms with E-state index in [0.717, 1.165) is 11.1 Å². The van der Waals surface area contributed by atoms with Crippen molar-refractivity contribution in [2.24, 2.45) is 5.92 Å². The van der Waals surface area contributed by atoms with Crippen LogP contribution in [0, 0.1) is 12.8 Å². The first-order chi connectivity index (χ1) is 10.3. The third-order valence-corrected chi connectivity index (χ3v) is 6.02. The van der Waals surface area contributed by atoms with Crippen LogP contribution in [0.1, 0.15) is 24.0 Å². The van der Waals surface area contributed by atoms with Crippen molar-refractivity contribution in [3.05, 3.63) is 35.4 Å². The van der Waals surface area contributed by atoms with Crippen LogP contribution in [0.5, 0.6) is 0 Å². The Bertz CT molecular complexity index is 566. The number of carbonyl (C=O) groups is 2. The Morgan fingerprint density at radius 3 is 2.23 bits per heavy atom. The molecule has 1 aromatic rings. The summed E-state index contributed by atoms with van der Waals surface area (Å²) in [5.74, 6) is -3.30. The summed E-state index contributed by atoms with van der Waals surface area (Å²) in [6.07, 6.45) is -1.06. The number of benzene rings is 1. The van der Waals surface area contributed by atoms with Gasteiger partial charge in [0.1, 0.15) is 7.14 Å². The van der Waals surface area contributed by atoms with Gasteiger partial charge in [0.05, 0.1) is 12.3 Å². The highest BCUT2D eigenvalue weighted by Gasteiger charge is 2.30. The summed E-state index contributed by atoms with van der Waals surface area (Å²) in [7, 11) is -3.13. The first-order valence-corrected chi connectivity index (χ1v) is 9.20. The van der Waals surface area contributed by atoms with Crippen LogP contribution in [0.25, 0.3) is 0 Å². The predicted octanol–water partition coefficient (Wildman–Crippen LogP) is 2.37. The molecule has 0 spiro atoms. The van der Waals surface area contributed by atoms with Crippen molar-refractivity contribution in [2.75, 3.05) is 12.5 Å². The lowest BCUT2D eigenvalue weighted by Gasteiger charge is -2.20. The van der Waals surface area contributed by atoms with Crippen molar-refractivity contribution >= 4 is 19.1 Å². The second kappa shape index (κ2) is 8.11. The van der Waals surface area contributed by atoms with Crippen LogP contribution in [0.3, 0.4) is 0 Å². The molecule has 1 rings (SSSR count). The average molecular weight is 328 g/mol. The van der Waals surface area contributed by atoms with Gasteiger partial charge in [0.15, 0.2) is 0 Å². The maximum atomic E-state index is 12.7. The molecule has 3 N–H and O–H groups in total. The van der Waals surface area contributed by atoms with E-state index in [1.165, 1.54) is 0 Å². The zero-order valence-electron chi connectivity index (χ0n) is 12.4. The van der Waals surface area contributed by atoms with Gasteiger partial charge >= 0.3 is 11.9 Å². The Morgan fingerprint density at radius 1 is 1.18 bits per heavy atom. The zero-order valence-corrected chi connectivity index (χ0v) is 13.3. The van der Waals surface area contributed by atoms with Crippen LogP contribution in [0.4, 0.5) is 0 Å². The Kier molecular flexibility index (Phi) is 6.78. The molecule has 22 heavy (non-hydrogen) atoms. The van der Waals surface area contributed by atoms with Crippen LogP contribution >= 0.6 is 7.14 Å². The topological polar surface area (TPSA) is 112 Å². The van der Waals surface area contributed by atoms with Gasteiger partial charge in [-0.15, -0.1) is 0 Å². The molecule has 0 saturated heterocycles. The fourth-order valence-electron chi connectivity index (χ4n) is 2.19. The number of rotatable bonds is 9. The summed E-state index contributed by atoms with van der Waals surface area (Å²) in [4.78, 5) is 21.8. The van der Waals surface area contributed by atoms with Crippen LogP contribution in [0.15, 0.2) is 24.3 Å². The molecule has 6 nitrogen and oxygen atoms in total. The van der Waals surface area contributed by atoms with Gasteiger partial charge in [-0.05, 0) is 18.9 Å². The highest BCUT2D eigenvalue weighted by molar-refractivity contribution is 7.62. The summed E-state index contributed by atoms with van der Waals surface area (Å²) in [6.45, 7) is 1.92. The summed E-state index contributed by atoms with van der Waals surface area (Å²) < 4.78 is 12.7. The molecule has 0 aliphatic carbocycles. The Hall–Kier alpha value is -1.65. The molecular weight excluding hydrogens is 307 g/mol. The van der Waals surface area contributed by atoms with Crippen LogP contribution in [0.2, 0.25) is 0 Å². The summed E-state index contributed by atoms with van der Waals surface area (Å²) in [5, 5.41) is 27.2. The molecule has 7 heteroatoms. The van der Waals surface area contributed by atoms with Gasteiger partial charge in [0.25, 0.3) is 0 Å². The van der Waals surface area contributed by atoms with Crippen molar-refractivity contribution in [2.45, 2.75) is 25.9 Å². The Morgan fingerprint density at radius 2 is 1.77 bits per heavy atom. The molecule has 0 radical (unpaired) electrons. The van der Waals surface area contributed by atoms with E-state index in [-0.39, 0.29) is 25.2 Å². The molecule has 1 aromatic carbocycles. The minimum absolute atomic E-state index is 0.0947. The molecular formula is C15H21O6P. The molecule has 0 aliphatic rings. The van der Waals surface area contributed by atoms with E-state index >= 15 is 0 Å². The first-order valence-electron chi connectivity index (χ1n) is 6.94. The van der Waals surface area contributed by atoms with Crippen LogP contribution in [-0.2, 0) is 20.3 Å². The number of aliphatic carboxylic acids is 2. The molecule has 0 fully saturated rings. The minimum atomic E-state index is -3.13. The third-order valence-electron chi connectivity index (χ3n) is 3.46. The third kappa shape index (κ3) is 6.00. The van der Waals surface area contributed by atoms with Crippen LogP contribution < -0.4 is 0 Å². The molecule has 122 valence electrons. The maximum Gasteiger partial charge on any atom is 0.306 e. The van der Waals surface area contributed by atoms with E-state index in [0.29, 0.717) is 0 Å². The van der Waals surface area contributed by atoms with E-state index in [2.05, 4.69) is 0 Å². The highest BCUT2D eigenvalue weighted by Crippen LogP contribution is 2.50. The number of aryl methyl sites for hydroxylation is 1. The Balaban J connectivity index is 2.82. The summed E-state index contributed by atoms with van der Waals surface area (Å²) in [5.41, 5.74) is 1.82. The average Bonchev–Trinajstić information content (AvgIpc) is 2.45. The van der Waals surface area contributed by atoms with Crippen molar-refractivity contribution in [3.63, 3.8) is 0 Å². The standard InChI is InChI=1S/C15H21O6P/c1-11-2-4-12(5-3-11)8-22(21,10-16)9-13(15(19)20)6-7-14(17)18/h2-5,13,16H,6-10H2,1H3,(H,17,18)(H,19,20). The van der Waals surface area contributed by atoms with Crippen molar-refractivity contribution in [1.29, 1.82) is 0 Å². The van der Waals surface area contributed by atoms with Crippen molar-refractivity contribution < 1.29 is 29.5 Å². The lowest BCUT2D eigenvalue weighted by Crippen LogP contribution is -2.20. The molecule has 0 aromatic heterocycles. The van der Waals surface area contributed by atoms with Gasteiger partial charge in [0.2, 0.25) is 0 Å². The number of carboxylic acids is 2.